The Bertz CT molecular complexity index is 467. The number of hydrogen-bond donors (Lipinski definition) is 1. The van der Waals surface area contributed by atoms with Crippen molar-refractivity contribution in [2.45, 2.75) is 38.5 Å². The Morgan fingerprint density at radius 1 is 1.09 bits per heavy atom. The van der Waals surface area contributed by atoms with Crippen LogP contribution in [0.1, 0.15) is 38.5 Å². The molecule has 3 atom stereocenters. The van der Waals surface area contributed by atoms with Crippen LogP contribution in [-0.4, -0.2) is 60.7 Å². The summed E-state index contributed by atoms with van der Waals surface area (Å²) in [4.78, 5) is 40.5. The number of hydrogen-bond acceptors (Lipinski definition) is 4. The van der Waals surface area contributed by atoms with Crippen molar-refractivity contribution in [1.82, 2.24) is 15.1 Å². The Kier molecular flexibility index (Phi) is 4.99. The van der Waals surface area contributed by atoms with Gasteiger partial charge in [-0.2, -0.15) is 0 Å². The standard InChI is InChI=1S/C17H27N3O3/c1-18-9-12-5-4-8-19(10-12)15(21)11-20-16(22)13-6-2-3-7-14(13)17(20)23/h12-14,18H,2-11H2,1H3. The summed E-state index contributed by atoms with van der Waals surface area (Å²) in [6, 6.07) is 0. The lowest BCUT2D eigenvalue weighted by atomic mass is 9.81. The second-order valence-electron chi connectivity index (χ2n) is 7.17. The zero-order chi connectivity index (χ0) is 16.4. The Morgan fingerprint density at radius 3 is 2.35 bits per heavy atom. The summed E-state index contributed by atoms with van der Waals surface area (Å²) in [5, 5.41) is 3.16. The van der Waals surface area contributed by atoms with Crippen molar-refractivity contribution < 1.29 is 14.4 Å². The van der Waals surface area contributed by atoms with Gasteiger partial charge in [0.15, 0.2) is 0 Å². The summed E-state index contributed by atoms with van der Waals surface area (Å²) in [7, 11) is 1.92. The van der Waals surface area contributed by atoms with Crippen LogP contribution < -0.4 is 5.32 Å². The smallest absolute Gasteiger partial charge is 0.242 e. The van der Waals surface area contributed by atoms with Gasteiger partial charge in [0.1, 0.15) is 6.54 Å². The van der Waals surface area contributed by atoms with Gasteiger partial charge in [-0.15, -0.1) is 0 Å². The van der Waals surface area contributed by atoms with E-state index in [0.717, 1.165) is 58.2 Å². The van der Waals surface area contributed by atoms with Gasteiger partial charge in [0.05, 0.1) is 11.8 Å². The molecule has 0 aromatic heterocycles. The number of rotatable bonds is 4. The summed E-state index contributed by atoms with van der Waals surface area (Å²) in [6.07, 6.45) is 5.74. The van der Waals surface area contributed by atoms with Gasteiger partial charge < -0.3 is 10.2 Å². The molecule has 2 saturated heterocycles. The van der Waals surface area contributed by atoms with Crippen molar-refractivity contribution in [3.63, 3.8) is 0 Å². The van der Waals surface area contributed by atoms with Crippen LogP contribution in [0.5, 0.6) is 0 Å². The van der Waals surface area contributed by atoms with Gasteiger partial charge in [-0.3, -0.25) is 19.3 Å². The van der Waals surface area contributed by atoms with Crippen molar-refractivity contribution in [3.8, 4) is 0 Å². The largest absolute Gasteiger partial charge is 0.341 e. The molecular formula is C17H27N3O3. The molecule has 1 aliphatic carbocycles. The molecule has 3 fully saturated rings. The number of carbonyl (C=O) groups is 3. The van der Waals surface area contributed by atoms with E-state index < -0.39 is 0 Å². The quantitative estimate of drug-likeness (QED) is 0.771. The highest BCUT2D eigenvalue weighted by molar-refractivity contribution is 6.07. The lowest BCUT2D eigenvalue weighted by Crippen LogP contribution is -2.48. The maximum atomic E-state index is 12.6. The van der Waals surface area contributed by atoms with Crippen LogP contribution >= 0.6 is 0 Å². The Labute approximate surface area is 137 Å². The normalized spacial score (nSPS) is 31.4. The monoisotopic (exact) mass is 321 g/mol. The summed E-state index contributed by atoms with van der Waals surface area (Å²) >= 11 is 0. The molecule has 2 heterocycles. The van der Waals surface area contributed by atoms with E-state index in [1.807, 2.05) is 11.9 Å². The first-order valence-electron chi connectivity index (χ1n) is 8.89. The Morgan fingerprint density at radius 2 is 1.74 bits per heavy atom. The fourth-order valence-corrected chi connectivity index (χ4v) is 4.37. The lowest BCUT2D eigenvalue weighted by molar-refractivity contribution is -0.147. The van der Waals surface area contributed by atoms with Gasteiger partial charge >= 0.3 is 0 Å². The van der Waals surface area contributed by atoms with Crippen LogP contribution in [0.4, 0.5) is 0 Å². The molecule has 0 bridgehead atoms. The van der Waals surface area contributed by atoms with E-state index in [1.54, 1.807) is 0 Å². The number of piperidine rings is 1. The number of carbonyl (C=O) groups excluding carboxylic acids is 3. The van der Waals surface area contributed by atoms with Crippen molar-refractivity contribution in [1.29, 1.82) is 0 Å². The third-order valence-electron chi connectivity index (χ3n) is 5.59. The summed E-state index contributed by atoms with van der Waals surface area (Å²) in [5.41, 5.74) is 0. The van der Waals surface area contributed by atoms with Gasteiger partial charge in [0, 0.05) is 13.1 Å². The van der Waals surface area contributed by atoms with Crippen LogP contribution in [-0.2, 0) is 14.4 Å². The van der Waals surface area contributed by atoms with Gasteiger partial charge in [-0.1, -0.05) is 12.8 Å². The summed E-state index contributed by atoms with van der Waals surface area (Å²) in [6.45, 7) is 2.30. The molecule has 6 heteroatoms. The first-order chi connectivity index (χ1) is 11.1. The highest BCUT2D eigenvalue weighted by atomic mass is 16.2. The van der Waals surface area contributed by atoms with E-state index in [9.17, 15) is 14.4 Å². The molecule has 3 rings (SSSR count). The van der Waals surface area contributed by atoms with Crippen LogP contribution in [0.25, 0.3) is 0 Å². The fourth-order valence-electron chi connectivity index (χ4n) is 4.37. The minimum atomic E-state index is -0.164. The second-order valence-corrected chi connectivity index (χ2v) is 7.17. The fraction of sp³-hybridized carbons (Fsp3) is 0.824. The molecule has 23 heavy (non-hydrogen) atoms. The van der Waals surface area contributed by atoms with Gasteiger partial charge in [-0.05, 0) is 45.2 Å². The number of fused-ring (bicyclic) bond motifs is 1. The van der Waals surface area contributed by atoms with E-state index in [1.165, 1.54) is 4.90 Å². The van der Waals surface area contributed by atoms with Crippen molar-refractivity contribution in [3.05, 3.63) is 0 Å². The predicted molar refractivity (Wildman–Crippen MR) is 85.4 cm³/mol. The van der Waals surface area contributed by atoms with Gasteiger partial charge in [0.2, 0.25) is 17.7 Å². The van der Waals surface area contributed by atoms with E-state index >= 15 is 0 Å². The third kappa shape index (κ3) is 3.27. The SMILES string of the molecule is CNCC1CCCN(C(=O)CN2C(=O)C3CCCCC3C2=O)C1. The minimum absolute atomic E-state index is 0.0586. The van der Waals surface area contributed by atoms with E-state index in [2.05, 4.69) is 5.32 Å². The van der Waals surface area contributed by atoms with Crippen LogP contribution in [0, 0.1) is 17.8 Å². The van der Waals surface area contributed by atoms with Crippen LogP contribution in [0.2, 0.25) is 0 Å². The summed E-state index contributed by atoms with van der Waals surface area (Å²) in [5.74, 6) is -0.171. The maximum absolute atomic E-state index is 12.6. The van der Waals surface area contributed by atoms with Crippen molar-refractivity contribution in [2.75, 3.05) is 33.2 Å². The van der Waals surface area contributed by atoms with Crippen LogP contribution in [0.15, 0.2) is 0 Å². The second kappa shape index (κ2) is 6.99. The Balaban J connectivity index is 1.61. The van der Waals surface area contributed by atoms with Gasteiger partial charge in [-0.25, -0.2) is 0 Å². The summed E-state index contributed by atoms with van der Waals surface area (Å²) < 4.78 is 0. The highest BCUT2D eigenvalue weighted by Crippen LogP contribution is 2.37. The van der Waals surface area contributed by atoms with E-state index in [-0.39, 0.29) is 36.1 Å². The topological polar surface area (TPSA) is 69.7 Å². The highest BCUT2D eigenvalue weighted by Gasteiger charge is 2.48. The zero-order valence-corrected chi connectivity index (χ0v) is 13.9. The molecule has 0 spiro atoms. The molecule has 3 aliphatic rings. The average Bonchev–Trinajstić information content (AvgIpc) is 2.81. The molecule has 3 amide bonds. The number of imide groups is 1. The molecule has 0 aromatic rings. The third-order valence-corrected chi connectivity index (χ3v) is 5.59. The van der Waals surface area contributed by atoms with E-state index in [4.69, 9.17) is 0 Å². The molecule has 2 aliphatic heterocycles. The lowest BCUT2D eigenvalue weighted by Gasteiger charge is -2.33. The van der Waals surface area contributed by atoms with Crippen molar-refractivity contribution in [2.24, 2.45) is 17.8 Å². The van der Waals surface area contributed by atoms with E-state index in [0.29, 0.717) is 5.92 Å². The minimum Gasteiger partial charge on any atom is -0.341 e. The molecular weight excluding hydrogens is 294 g/mol. The number of nitrogens with one attached hydrogen (secondary N) is 1. The first kappa shape index (κ1) is 16.4. The Hall–Kier alpha value is -1.43. The molecule has 1 N–H and O–H groups in total. The molecule has 128 valence electrons. The number of amides is 3. The predicted octanol–water partition coefficient (Wildman–Crippen LogP) is 0.620. The first-order valence-corrected chi connectivity index (χ1v) is 8.89. The van der Waals surface area contributed by atoms with Crippen molar-refractivity contribution >= 4 is 17.7 Å². The average molecular weight is 321 g/mol. The number of nitrogens with zero attached hydrogens (tertiary/aromatic N) is 2. The van der Waals surface area contributed by atoms with Gasteiger partial charge in [0.25, 0.3) is 0 Å². The molecule has 1 saturated carbocycles. The van der Waals surface area contributed by atoms with Crippen LogP contribution in [0.3, 0.4) is 0 Å². The molecule has 0 aromatic carbocycles. The number of likely N-dealkylation sites (tertiary alicyclic amines) is 2. The zero-order valence-electron chi connectivity index (χ0n) is 13.9. The molecule has 0 radical (unpaired) electrons. The molecule has 6 nitrogen and oxygen atoms in total. The maximum Gasteiger partial charge on any atom is 0.242 e. The molecule has 3 unspecified atom stereocenters.